The van der Waals surface area contributed by atoms with Gasteiger partial charge in [-0.05, 0) is 19.9 Å². The largest absolute Gasteiger partial charge is 0.375 e. The molecule has 5 heteroatoms. The fourth-order valence-electron chi connectivity index (χ4n) is 0.814. The molecule has 0 unspecified atom stereocenters. The number of nitrogen functional groups attached to an aromatic ring is 1. The summed E-state index contributed by atoms with van der Waals surface area (Å²) in [6.45, 7) is 2.63. The highest BCUT2D eigenvalue weighted by molar-refractivity contribution is 8.93. The molecule has 0 saturated carbocycles. The first-order chi connectivity index (χ1) is 4.74. The van der Waals surface area contributed by atoms with Crippen molar-refractivity contribution in [3.05, 3.63) is 10.6 Å². The van der Waals surface area contributed by atoms with Gasteiger partial charge < -0.3 is 11.5 Å². The maximum atomic E-state index is 5.48. The Morgan fingerprint density at radius 3 is 2.55 bits per heavy atom. The van der Waals surface area contributed by atoms with E-state index in [1.165, 1.54) is 16.2 Å². The molecule has 3 nitrogen and oxygen atoms in total. The van der Waals surface area contributed by atoms with E-state index in [1.54, 1.807) is 0 Å². The number of hydrogen-bond acceptors (Lipinski definition) is 4. The van der Waals surface area contributed by atoms with Crippen LogP contribution in [0.1, 0.15) is 10.6 Å². The van der Waals surface area contributed by atoms with Crippen LogP contribution in [0.25, 0.3) is 0 Å². The lowest BCUT2D eigenvalue weighted by atomic mass is 10.3. The van der Waals surface area contributed by atoms with E-state index >= 15 is 0 Å². The van der Waals surface area contributed by atoms with Crippen LogP contribution < -0.4 is 11.5 Å². The van der Waals surface area contributed by atoms with Crippen molar-refractivity contribution in [2.45, 2.75) is 13.3 Å². The van der Waals surface area contributed by atoms with E-state index in [0.717, 1.165) is 12.1 Å². The van der Waals surface area contributed by atoms with E-state index in [-0.39, 0.29) is 17.0 Å². The molecule has 0 atom stereocenters. The van der Waals surface area contributed by atoms with Crippen LogP contribution in [0.15, 0.2) is 0 Å². The molecule has 0 radical (unpaired) electrons. The number of aromatic nitrogens is 1. The van der Waals surface area contributed by atoms with Gasteiger partial charge in [-0.3, -0.25) is 0 Å². The van der Waals surface area contributed by atoms with Gasteiger partial charge >= 0.3 is 0 Å². The van der Waals surface area contributed by atoms with Crippen molar-refractivity contribution in [1.82, 2.24) is 4.98 Å². The molecule has 1 aromatic heterocycles. The van der Waals surface area contributed by atoms with Gasteiger partial charge in [0.15, 0.2) is 5.13 Å². The van der Waals surface area contributed by atoms with E-state index in [2.05, 4.69) is 4.98 Å². The SMILES string of the molecule is Br.Cc1nc(N)sc1CCN. The average Bonchev–Trinajstić information content (AvgIpc) is 2.13. The number of anilines is 1. The molecule has 1 rings (SSSR count). The Hall–Kier alpha value is -0.130. The summed E-state index contributed by atoms with van der Waals surface area (Å²) in [5, 5.41) is 0.640. The Balaban J connectivity index is 0.000001000. The third-order valence-corrected chi connectivity index (χ3v) is 2.33. The van der Waals surface area contributed by atoms with Gasteiger partial charge in [0.2, 0.25) is 0 Å². The molecule has 0 amide bonds. The standard InChI is InChI=1S/C6H11N3S.BrH/c1-4-5(2-3-7)10-6(8)9-4;/h2-3,7H2,1H3,(H2,8,9);1H. The molecule has 0 aromatic carbocycles. The van der Waals surface area contributed by atoms with Gasteiger partial charge in [0.25, 0.3) is 0 Å². The molecule has 4 N–H and O–H groups in total. The number of hydrogen-bond donors (Lipinski definition) is 2. The highest BCUT2D eigenvalue weighted by Gasteiger charge is 2.02. The molecule has 0 spiro atoms. The minimum atomic E-state index is 0. The Morgan fingerprint density at radius 2 is 2.18 bits per heavy atom. The molecule has 11 heavy (non-hydrogen) atoms. The van der Waals surface area contributed by atoms with Gasteiger partial charge in [-0.25, -0.2) is 4.98 Å². The second-order valence-electron chi connectivity index (χ2n) is 2.10. The molecule has 64 valence electrons. The van der Waals surface area contributed by atoms with Gasteiger partial charge in [0.05, 0.1) is 5.69 Å². The van der Waals surface area contributed by atoms with Gasteiger partial charge in [-0.2, -0.15) is 0 Å². The highest BCUT2D eigenvalue weighted by Crippen LogP contribution is 2.19. The molecule has 0 bridgehead atoms. The summed E-state index contributed by atoms with van der Waals surface area (Å²) in [4.78, 5) is 5.28. The van der Waals surface area contributed by atoms with E-state index in [9.17, 15) is 0 Å². The zero-order valence-electron chi connectivity index (χ0n) is 6.33. The minimum Gasteiger partial charge on any atom is -0.375 e. The topological polar surface area (TPSA) is 64.9 Å². The molecule has 1 heterocycles. The molecular weight excluding hydrogens is 226 g/mol. The predicted octanol–water partition coefficient (Wildman–Crippen LogP) is 1.11. The number of nitrogens with zero attached hydrogens (tertiary/aromatic N) is 1. The predicted molar refractivity (Wildman–Crippen MR) is 54.3 cm³/mol. The maximum absolute atomic E-state index is 5.48. The highest BCUT2D eigenvalue weighted by atomic mass is 79.9. The first-order valence-corrected chi connectivity index (χ1v) is 3.97. The summed E-state index contributed by atoms with van der Waals surface area (Å²) in [5.41, 5.74) is 11.9. The van der Waals surface area contributed by atoms with Crippen LogP contribution in [-0.2, 0) is 6.42 Å². The molecule has 1 aromatic rings. The van der Waals surface area contributed by atoms with Crippen molar-refractivity contribution >= 4 is 33.4 Å². The number of aryl methyl sites for hydroxylation is 1. The third kappa shape index (κ3) is 2.76. The molecule has 0 aliphatic heterocycles. The second-order valence-corrected chi connectivity index (χ2v) is 3.21. The molecular formula is C6H12BrN3S. The molecule has 0 fully saturated rings. The molecule has 0 saturated heterocycles. The van der Waals surface area contributed by atoms with Crippen molar-refractivity contribution < 1.29 is 0 Å². The summed E-state index contributed by atoms with van der Waals surface area (Å²) in [6.07, 6.45) is 0.890. The van der Waals surface area contributed by atoms with Crippen LogP contribution in [0.3, 0.4) is 0 Å². The first-order valence-electron chi connectivity index (χ1n) is 3.16. The summed E-state index contributed by atoms with van der Waals surface area (Å²) < 4.78 is 0. The number of nitrogens with two attached hydrogens (primary N) is 2. The minimum absolute atomic E-state index is 0. The quantitative estimate of drug-likeness (QED) is 0.811. The van der Waals surface area contributed by atoms with E-state index in [1.807, 2.05) is 6.92 Å². The van der Waals surface area contributed by atoms with Crippen LogP contribution in [0.2, 0.25) is 0 Å². The van der Waals surface area contributed by atoms with E-state index < -0.39 is 0 Å². The van der Waals surface area contributed by atoms with Gasteiger partial charge in [-0.1, -0.05) is 0 Å². The van der Waals surface area contributed by atoms with E-state index in [4.69, 9.17) is 11.5 Å². The number of halogens is 1. The van der Waals surface area contributed by atoms with Gasteiger partial charge in [0, 0.05) is 4.88 Å². The molecule has 0 aliphatic carbocycles. The molecule has 0 aliphatic rings. The zero-order valence-corrected chi connectivity index (χ0v) is 8.86. The Kier molecular flexibility index (Phi) is 4.63. The lowest BCUT2D eigenvalue weighted by molar-refractivity contribution is 0.970. The first kappa shape index (κ1) is 10.9. The van der Waals surface area contributed by atoms with Crippen LogP contribution in [0, 0.1) is 6.92 Å². The van der Waals surface area contributed by atoms with Crippen LogP contribution in [0.5, 0.6) is 0 Å². The van der Waals surface area contributed by atoms with Crippen LogP contribution in [0.4, 0.5) is 5.13 Å². The van der Waals surface area contributed by atoms with Gasteiger partial charge in [0.1, 0.15) is 0 Å². The fraction of sp³-hybridized carbons (Fsp3) is 0.500. The zero-order chi connectivity index (χ0) is 7.56. The lowest BCUT2D eigenvalue weighted by Crippen LogP contribution is -2.01. The van der Waals surface area contributed by atoms with Crippen molar-refractivity contribution in [2.24, 2.45) is 5.73 Å². The normalized spacial score (nSPS) is 9.27. The second kappa shape index (κ2) is 4.69. The Morgan fingerprint density at radius 1 is 1.55 bits per heavy atom. The number of rotatable bonds is 2. The summed E-state index contributed by atoms with van der Waals surface area (Å²) in [6, 6.07) is 0. The maximum Gasteiger partial charge on any atom is 0.180 e. The van der Waals surface area contributed by atoms with Crippen molar-refractivity contribution in [2.75, 3.05) is 12.3 Å². The monoisotopic (exact) mass is 237 g/mol. The van der Waals surface area contributed by atoms with Crippen molar-refractivity contribution in [1.29, 1.82) is 0 Å². The summed E-state index contributed by atoms with van der Waals surface area (Å²) in [7, 11) is 0. The Bertz CT molecular complexity index is 224. The third-order valence-electron chi connectivity index (χ3n) is 1.28. The number of thiazole rings is 1. The van der Waals surface area contributed by atoms with Crippen molar-refractivity contribution in [3.63, 3.8) is 0 Å². The van der Waals surface area contributed by atoms with E-state index in [0.29, 0.717) is 11.7 Å². The summed E-state index contributed by atoms with van der Waals surface area (Å²) >= 11 is 1.53. The van der Waals surface area contributed by atoms with Crippen LogP contribution in [-0.4, -0.2) is 11.5 Å². The van der Waals surface area contributed by atoms with Gasteiger partial charge in [-0.15, -0.1) is 28.3 Å². The average molecular weight is 238 g/mol. The van der Waals surface area contributed by atoms with Crippen LogP contribution >= 0.6 is 28.3 Å². The summed E-state index contributed by atoms with van der Waals surface area (Å²) in [5.74, 6) is 0. The smallest absolute Gasteiger partial charge is 0.180 e. The fourth-order valence-corrected chi connectivity index (χ4v) is 1.66. The Labute approximate surface area is 80.6 Å². The lowest BCUT2D eigenvalue weighted by Gasteiger charge is -1.90. The van der Waals surface area contributed by atoms with Crippen molar-refractivity contribution in [3.8, 4) is 0 Å².